The highest BCUT2D eigenvalue weighted by molar-refractivity contribution is 7.99. The predicted molar refractivity (Wildman–Crippen MR) is 85.2 cm³/mol. The van der Waals surface area contributed by atoms with Crippen molar-refractivity contribution in [2.45, 2.75) is 49.9 Å². The van der Waals surface area contributed by atoms with E-state index in [1.807, 2.05) is 27.7 Å². The molecule has 7 nitrogen and oxygen atoms in total. The van der Waals surface area contributed by atoms with E-state index in [9.17, 15) is 9.59 Å². The summed E-state index contributed by atoms with van der Waals surface area (Å²) in [7, 11) is 4.68. The molecule has 0 spiro atoms. The van der Waals surface area contributed by atoms with Crippen molar-refractivity contribution in [2.24, 2.45) is 0 Å². The van der Waals surface area contributed by atoms with Crippen molar-refractivity contribution in [1.82, 2.24) is 19.7 Å². The van der Waals surface area contributed by atoms with Gasteiger partial charge in [-0.25, -0.2) is 9.78 Å². The third-order valence-corrected chi connectivity index (χ3v) is 3.84. The van der Waals surface area contributed by atoms with Crippen molar-refractivity contribution < 1.29 is 14.3 Å². The molecule has 0 saturated carbocycles. The molecular formula is C14H24N4O3S. The number of methoxy groups -OCH3 is 1. The first-order chi connectivity index (χ1) is 10.1. The van der Waals surface area contributed by atoms with E-state index in [0.29, 0.717) is 11.0 Å². The van der Waals surface area contributed by atoms with Crippen LogP contribution < -0.4 is 0 Å². The van der Waals surface area contributed by atoms with Crippen LogP contribution in [0.4, 0.5) is 4.79 Å². The summed E-state index contributed by atoms with van der Waals surface area (Å²) in [5.74, 6) is 0.302. The second kappa shape index (κ2) is 7.13. The lowest BCUT2D eigenvalue weighted by Gasteiger charge is -2.13. The Morgan fingerprint density at radius 2 is 1.95 bits per heavy atom. The van der Waals surface area contributed by atoms with Gasteiger partial charge < -0.3 is 9.64 Å². The molecule has 0 N–H and O–H groups in total. The normalized spacial score (nSPS) is 12.9. The predicted octanol–water partition coefficient (Wildman–Crippen LogP) is 2.15. The molecule has 22 heavy (non-hydrogen) atoms. The lowest BCUT2D eigenvalue weighted by molar-refractivity contribution is -0.140. The number of hydrogen-bond acceptors (Lipinski definition) is 6. The Kier molecular flexibility index (Phi) is 5.99. The van der Waals surface area contributed by atoms with Gasteiger partial charge in [0.25, 0.3) is 0 Å². The van der Waals surface area contributed by atoms with Crippen LogP contribution in [-0.2, 0) is 14.9 Å². The summed E-state index contributed by atoms with van der Waals surface area (Å²) in [5, 5.41) is 4.75. The zero-order valence-electron chi connectivity index (χ0n) is 14.2. The molecule has 1 heterocycles. The number of ether oxygens (including phenoxy) is 1. The zero-order valence-corrected chi connectivity index (χ0v) is 15.0. The topological polar surface area (TPSA) is 77.3 Å². The summed E-state index contributed by atoms with van der Waals surface area (Å²) in [4.78, 5) is 29.5. The van der Waals surface area contributed by atoms with Crippen LogP contribution >= 0.6 is 11.8 Å². The van der Waals surface area contributed by atoms with Crippen molar-refractivity contribution in [1.29, 1.82) is 0 Å². The quantitative estimate of drug-likeness (QED) is 0.622. The minimum absolute atomic E-state index is 0.0711. The van der Waals surface area contributed by atoms with Crippen LogP contribution in [0.25, 0.3) is 0 Å². The van der Waals surface area contributed by atoms with Crippen LogP contribution in [0.3, 0.4) is 0 Å². The van der Waals surface area contributed by atoms with Gasteiger partial charge in [-0.2, -0.15) is 4.68 Å². The smallest absolute Gasteiger partial charge is 0.346 e. The summed E-state index contributed by atoms with van der Waals surface area (Å²) in [5.41, 5.74) is -0.265. The highest BCUT2D eigenvalue weighted by atomic mass is 32.2. The largest absolute Gasteiger partial charge is 0.469 e. The molecule has 1 amide bonds. The number of carbonyl (C=O) groups is 2. The van der Waals surface area contributed by atoms with Crippen LogP contribution in [0.1, 0.15) is 39.9 Å². The van der Waals surface area contributed by atoms with Crippen LogP contribution in [0.5, 0.6) is 0 Å². The maximum atomic E-state index is 12.2. The number of hydrogen-bond donors (Lipinski definition) is 0. The Labute approximate surface area is 135 Å². The van der Waals surface area contributed by atoms with E-state index >= 15 is 0 Å². The van der Waals surface area contributed by atoms with Crippen molar-refractivity contribution in [3.8, 4) is 0 Å². The first kappa shape index (κ1) is 18.5. The first-order valence-corrected chi connectivity index (χ1v) is 7.87. The lowest BCUT2D eigenvalue weighted by atomic mass is 9.96. The molecule has 0 saturated heterocycles. The van der Waals surface area contributed by atoms with E-state index in [2.05, 4.69) is 14.8 Å². The molecule has 0 aromatic carbocycles. The molecule has 1 aromatic heterocycles. The number of esters is 1. The maximum absolute atomic E-state index is 12.2. The van der Waals surface area contributed by atoms with Gasteiger partial charge in [-0.05, 0) is 0 Å². The molecule has 1 rings (SSSR count). The van der Waals surface area contributed by atoms with Crippen molar-refractivity contribution >= 4 is 23.8 Å². The Bertz CT molecular complexity index is 549. The summed E-state index contributed by atoms with van der Waals surface area (Å²) in [6.45, 7) is 7.84. The second-order valence-corrected chi connectivity index (χ2v) is 7.67. The van der Waals surface area contributed by atoms with Gasteiger partial charge in [-0.3, -0.25) is 4.79 Å². The average molecular weight is 328 g/mol. The fourth-order valence-electron chi connectivity index (χ4n) is 1.55. The van der Waals surface area contributed by atoms with Gasteiger partial charge in [0.2, 0.25) is 0 Å². The molecule has 1 atom stereocenters. The fourth-order valence-corrected chi connectivity index (χ4v) is 2.48. The fraction of sp³-hybridized carbons (Fsp3) is 0.714. The third-order valence-electron chi connectivity index (χ3n) is 2.80. The van der Waals surface area contributed by atoms with E-state index in [0.717, 1.165) is 0 Å². The Morgan fingerprint density at radius 3 is 2.41 bits per heavy atom. The van der Waals surface area contributed by atoms with Gasteiger partial charge in [0, 0.05) is 24.8 Å². The molecule has 0 fully saturated rings. The van der Waals surface area contributed by atoms with Crippen LogP contribution in [0.15, 0.2) is 5.16 Å². The number of aromatic nitrogens is 3. The van der Waals surface area contributed by atoms with Crippen molar-refractivity contribution in [3.05, 3.63) is 5.82 Å². The molecule has 0 aliphatic heterocycles. The maximum Gasteiger partial charge on any atom is 0.346 e. The number of rotatable bonds is 4. The van der Waals surface area contributed by atoms with E-state index in [-0.39, 0.29) is 29.1 Å². The lowest BCUT2D eigenvalue weighted by Crippen LogP contribution is -2.29. The number of thioether (sulfide) groups is 1. The van der Waals surface area contributed by atoms with Crippen LogP contribution in [0, 0.1) is 0 Å². The van der Waals surface area contributed by atoms with Gasteiger partial charge in [-0.15, -0.1) is 5.10 Å². The zero-order chi connectivity index (χ0) is 17.1. The second-order valence-electron chi connectivity index (χ2n) is 6.27. The van der Waals surface area contributed by atoms with Gasteiger partial charge in [0.1, 0.15) is 0 Å². The highest BCUT2D eigenvalue weighted by Gasteiger charge is 2.26. The molecule has 124 valence electrons. The molecule has 1 aromatic rings. The van der Waals surface area contributed by atoms with E-state index < -0.39 is 0 Å². The van der Waals surface area contributed by atoms with Gasteiger partial charge >= 0.3 is 12.0 Å². The molecule has 0 aliphatic rings. The van der Waals surface area contributed by atoms with E-state index in [4.69, 9.17) is 0 Å². The number of amides is 1. The Hall–Kier alpha value is -1.57. The van der Waals surface area contributed by atoms with Crippen molar-refractivity contribution in [3.63, 3.8) is 0 Å². The van der Waals surface area contributed by atoms with Crippen LogP contribution in [0.2, 0.25) is 0 Å². The van der Waals surface area contributed by atoms with Gasteiger partial charge in [0.15, 0.2) is 11.0 Å². The summed E-state index contributed by atoms with van der Waals surface area (Å²) >= 11 is 1.34. The molecule has 8 heteroatoms. The standard InChI is InChI=1S/C14H24N4O3S/c1-9(8-10(19)21-7)22-12-15-11(14(2,3)4)16-18(12)13(20)17(5)6/h9H,8H2,1-7H3. The third kappa shape index (κ3) is 4.72. The summed E-state index contributed by atoms with van der Waals surface area (Å²) in [6, 6.07) is -0.268. The molecule has 0 aliphatic carbocycles. The number of carbonyl (C=O) groups excluding carboxylic acids is 2. The van der Waals surface area contributed by atoms with E-state index in [1.54, 1.807) is 14.1 Å². The van der Waals surface area contributed by atoms with Crippen LogP contribution in [-0.4, -0.2) is 58.1 Å². The van der Waals surface area contributed by atoms with E-state index in [1.165, 1.54) is 28.5 Å². The summed E-state index contributed by atoms with van der Waals surface area (Å²) in [6.07, 6.45) is 0.245. The SMILES string of the molecule is COC(=O)CC(C)Sc1nc(C(C)(C)C)nn1C(=O)N(C)C. The Balaban J connectivity index is 3.08. The highest BCUT2D eigenvalue weighted by Crippen LogP contribution is 2.27. The summed E-state index contributed by atoms with van der Waals surface area (Å²) < 4.78 is 5.95. The molecule has 0 bridgehead atoms. The first-order valence-electron chi connectivity index (χ1n) is 6.99. The molecule has 1 unspecified atom stereocenters. The minimum Gasteiger partial charge on any atom is -0.469 e. The molecular weight excluding hydrogens is 304 g/mol. The Morgan fingerprint density at radius 1 is 1.36 bits per heavy atom. The van der Waals surface area contributed by atoms with Gasteiger partial charge in [-0.1, -0.05) is 39.5 Å². The average Bonchev–Trinajstić information content (AvgIpc) is 2.80. The van der Waals surface area contributed by atoms with Crippen molar-refractivity contribution in [2.75, 3.05) is 21.2 Å². The van der Waals surface area contributed by atoms with Gasteiger partial charge in [0.05, 0.1) is 13.5 Å². The number of nitrogens with zero attached hydrogens (tertiary/aromatic N) is 4. The minimum atomic E-state index is -0.291. The molecule has 0 radical (unpaired) electrons. The monoisotopic (exact) mass is 328 g/mol.